The summed E-state index contributed by atoms with van der Waals surface area (Å²) >= 11 is 0. The quantitative estimate of drug-likeness (QED) is 0.645. The van der Waals surface area contributed by atoms with E-state index in [0.29, 0.717) is 5.41 Å². The van der Waals surface area contributed by atoms with Crippen molar-refractivity contribution in [2.24, 2.45) is 11.3 Å². The maximum absolute atomic E-state index is 3.47. The molecule has 1 nitrogen and oxygen atoms in total. The van der Waals surface area contributed by atoms with Crippen molar-refractivity contribution in [1.82, 2.24) is 5.32 Å². The summed E-state index contributed by atoms with van der Waals surface area (Å²) in [6, 6.07) is 0.814. The first kappa shape index (κ1) is 9.05. The number of nitrogens with one attached hydrogen (secondary N) is 1. The van der Waals surface area contributed by atoms with E-state index in [4.69, 9.17) is 0 Å². The topological polar surface area (TPSA) is 12.0 Å². The molecule has 0 aromatic carbocycles. The molecule has 1 rings (SSSR count). The van der Waals surface area contributed by atoms with E-state index in [2.05, 4.69) is 33.0 Å². The summed E-state index contributed by atoms with van der Waals surface area (Å²) in [5, 5.41) is 3.47. The summed E-state index contributed by atoms with van der Waals surface area (Å²) in [6.45, 7) is 10.5. The van der Waals surface area contributed by atoms with Crippen molar-refractivity contribution in [1.29, 1.82) is 0 Å². The molecule has 1 N–H and O–H groups in total. The molecular formula is C10H21N. The average molecular weight is 155 g/mol. The predicted octanol–water partition coefficient (Wildman–Crippen LogP) is 2.42. The van der Waals surface area contributed by atoms with Gasteiger partial charge in [0.25, 0.3) is 0 Å². The first-order valence-electron chi connectivity index (χ1n) is 4.76. The Bertz CT molecular complexity index is 121. The van der Waals surface area contributed by atoms with Gasteiger partial charge in [-0.1, -0.05) is 27.7 Å². The molecule has 0 aromatic rings. The minimum atomic E-state index is 0.514. The summed E-state index contributed by atoms with van der Waals surface area (Å²) in [5.41, 5.74) is 0.514. The molecule has 1 aliphatic heterocycles. The lowest BCUT2D eigenvalue weighted by atomic mass is 9.77. The van der Waals surface area contributed by atoms with Crippen LogP contribution >= 0.6 is 0 Å². The van der Waals surface area contributed by atoms with Gasteiger partial charge in [-0.2, -0.15) is 0 Å². The van der Waals surface area contributed by atoms with E-state index in [-0.39, 0.29) is 0 Å². The van der Waals surface area contributed by atoms with Gasteiger partial charge in [0.1, 0.15) is 0 Å². The maximum atomic E-state index is 3.47. The first-order chi connectivity index (χ1) is 5.03. The molecule has 0 amide bonds. The Hall–Kier alpha value is -0.0400. The van der Waals surface area contributed by atoms with Crippen LogP contribution in [-0.2, 0) is 0 Å². The standard InChI is InChI=1S/C10H21N/c1-5-9-8(7-11-9)6-10(2,3)4/h8-9,11H,5-7H2,1-4H3. The zero-order valence-electron chi connectivity index (χ0n) is 8.28. The fraction of sp³-hybridized carbons (Fsp3) is 1.00. The highest BCUT2D eigenvalue weighted by atomic mass is 15.0. The lowest BCUT2D eigenvalue weighted by Crippen LogP contribution is -2.53. The Labute approximate surface area is 70.6 Å². The second kappa shape index (κ2) is 3.14. The van der Waals surface area contributed by atoms with E-state index in [1.165, 1.54) is 19.4 Å². The van der Waals surface area contributed by atoms with Crippen LogP contribution in [0.4, 0.5) is 0 Å². The molecule has 1 fully saturated rings. The smallest absolute Gasteiger partial charge is 0.0105 e. The first-order valence-corrected chi connectivity index (χ1v) is 4.76. The number of hydrogen-bond acceptors (Lipinski definition) is 1. The van der Waals surface area contributed by atoms with E-state index in [1.54, 1.807) is 0 Å². The van der Waals surface area contributed by atoms with E-state index < -0.39 is 0 Å². The van der Waals surface area contributed by atoms with Crippen LogP contribution < -0.4 is 5.32 Å². The summed E-state index contributed by atoms with van der Waals surface area (Å²) in [4.78, 5) is 0. The van der Waals surface area contributed by atoms with Gasteiger partial charge >= 0.3 is 0 Å². The molecule has 1 aliphatic rings. The van der Waals surface area contributed by atoms with Crippen LogP contribution in [0.15, 0.2) is 0 Å². The van der Waals surface area contributed by atoms with Gasteiger partial charge in [0, 0.05) is 6.04 Å². The molecule has 1 saturated heterocycles. The Morgan fingerprint density at radius 2 is 2.00 bits per heavy atom. The van der Waals surface area contributed by atoms with Gasteiger partial charge in [-0.15, -0.1) is 0 Å². The van der Waals surface area contributed by atoms with Crippen LogP contribution in [0.2, 0.25) is 0 Å². The van der Waals surface area contributed by atoms with E-state index in [9.17, 15) is 0 Å². The monoisotopic (exact) mass is 155 g/mol. The molecule has 0 bridgehead atoms. The summed E-state index contributed by atoms with van der Waals surface area (Å²) in [6.07, 6.45) is 2.67. The zero-order valence-corrected chi connectivity index (χ0v) is 8.28. The summed E-state index contributed by atoms with van der Waals surface area (Å²) < 4.78 is 0. The molecule has 2 unspecified atom stereocenters. The van der Waals surface area contributed by atoms with E-state index in [1.807, 2.05) is 0 Å². The van der Waals surface area contributed by atoms with Gasteiger partial charge < -0.3 is 5.32 Å². The van der Waals surface area contributed by atoms with Gasteiger partial charge in [0.05, 0.1) is 0 Å². The van der Waals surface area contributed by atoms with Crippen LogP contribution in [0.25, 0.3) is 0 Å². The maximum Gasteiger partial charge on any atom is 0.0105 e. The lowest BCUT2D eigenvalue weighted by molar-refractivity contribution is 0.157. The molecule has 2 atom stereocenters. The van der Waals surface area contributed by atoms with Crippen molar-refractivity contribution in [3.05, 3.63) is 0 Å². The normalized spacial score (nSPS) is 31.6. The molecule has 0 aromatic heterocycles. The second-order valence-electron chi connectivity index (χ2n) is 4.95. The average Bonchev–Trinajstić information content (AvgIpc) is 1.80. The number of rotatable bonds is 2. The van der Waals surface area contributed by atoms with Crippen molar-refractivity contribution in [2.75, 3.05) is 6.54 Å². The molecule has 0 aliphatic carbocycles. The predicted molar refractivity (Wildman–Crippen MR) is 49.6 cm³/mol. The zero-order chi connectivity index (χ0) is 8.48. The summed E-state index contributed by atoms with van der Waals surface area (Å²) in [5.74, 6) is 0.944. The van der Waals surface area contributed by atoms with Gasteiger partial charge in [0.15, 0.2) is 0 Å². The lowest BCUT2D eigenvalue weighted by Gasteiger charge is -2.41. The molecule has 0 radical (unpaired) electrons. The Kier molecular flexibility index (Phi) is 2.58. The van der Waals surface area contributed by atoms with Crippen molar-refractivity contribution in [3.8, 4) is 0 Å². The third kappa shape index (κ3) is 2.48. The third-order valence-corrected chi connectivity index (χ3v) is 2.53. The Balaban J connectivity index is 2.27. The van der Waals surface area contributed by atoms with Crippen LogP contribution in [0.5, 0.6) is 0 Å². The minimum Gasteiger partial charge on any atom is -0.313 e. The van der Waals surface area contributed by atoms with Crippen LogP contribution in [-0.4, -0.2) is 12.6 Å². The second-order valence-corrected chi connectivity index (χ2v) is 4.95. The third-order valence-electron chi connectivity index (χ3n) is 2.53. The van der Waals surface area contributed by atoms with E-state index in [0.717, 1.165) is 12.0 Å². The van der Waals surface area contributed by atoms with E-state index >= 15 is 0 Å². The van der Waals surface area contributed by atoms with Crippen molar-refractivity contribution >= 4 is 0 Å². The highest BCUT2D eigenvalue weighted by Crippen LogP contribution is 2.30. The van der Waals surface area contributed by atoms with Crippen LogP contribution in [0.1, 0.15) is 40.5 Å². The molecule has 1 heteroatoms. The van der Waals surface area contributed by atoms with Gasteiger partial charge in [-0.05, 0) is 30.7 Å². The van der Waals surface area contributed by atoms with Crippen molar-refractivity contribution in [2.45, 2.75) is 46.6 Å². The Morgan fingerprint density at radius 1 is 1.36 bits per heavy atom. The fourth-order valence-electron chi connectivity index (χ4n) is 1.93. The molecule has 1 heterocycles. The highest BCUT2D eigenvalue weighted by molar-refractivity contribution is 4.89. The molecule has 0 spiro atoms. The fourth-order valence-corrected chi connectivity index (χ4v) is 1.93. The van der Waals surface area contributed by atoms with Gasteiger partial charge in [0.2, 0.25) is 0 Å². The molecular weight excluding hydrogens is 134 g/mol. The SMILES string of the molecule is CCC1NCC1CC(C)(C)C. The Morgan fingerprint density at radius 3 is 2.27 bits per heavy atom. The minimum absolute atomic E-state index is 0.514. The molecule has 0 saturated carbocycles. The van der Waals surface area contributed by atoms with Crippen molar-refractivity contribution < 1.29 is 0 Å². The van der Waals surface area contributed by atoms with Crippen LogP contribution in [0.3, 0.4) is 0 Å². The van der Waals surface area contributed by atoms with Gasteiger partial charge in [-0.25, -0.2) is 0 Å². The number of hydrogen-bond donors (Lipinski definition) is 1. The van der Waals surface area contributed by atoms with Gasteiger partial charge in [-0.3, -0.25) is 0 Å². The highest BCUT2D eigenvalue weighted by Gasteiger charge is 2.31. The van der Waals surface area contributed by atoms with Crippen molar-refractivity contribution in [3.63, 3.8) is 0 Å². The van der Waals surface area contributed by atoms with Crippen LogP contribution in [0, 0.1) is 11.3 Å². The summed E-state index contributed by atoms with van der Waals surface area (Å²) in [7, 11) is 0. The molecule has 66 valence electrons. The molecule has 11 heavy (non-hydrogen) atoms. The largest absolute Gasteiger partial charge is 0.313 e.